The molecule has 3 rings (SSSR count). The molecule has 1 amide bonds. The highest BCUT2D eigenvalue weighted by molar-refractivity contribution is 6.11. The molecule has 2 aliphatic rings. The summed E-state index contributed by atoms with van der Waals surface area (Å²) in [5.41, 5.74) is 2.43. The lowest BCUT2D eigenvalue weighted by Crippen LogP contribution is -2.27. The lowest BCUT2D eigenvalue weighted by atomic mass is 9.98. The van der Waals surface area contributed by atoms with Crippen molar-refractivity contribution >= 4 is 17.4 Å². The van der Waals surface area contributed by atoms with Crippen LogP contribution in [-0.4, -0.2) is 18.2 Å². The third-order valence-electron chi connectivity index (χ3n) is 3.65. The van der Waals surface area contributed by atoms with Crippen molar-refractivity contribution < 1.29 is 14.0 Å². The van der Waals surface area contributed by atoms with Gasteiger partial charge < -0.3 is 4.90 Å². The molecule has 0 spiro atoms. The molecule has 88 valence electrons. The van der Waals surface area contributed by atoms with E-state index in [0.29, 0.717) is 29.8 Å². The highest BCUT2D eigenvalue weighted by Gasteiger charge is 2.34. The maximum Gasteiger partial charge on any atom is 0.227 e. The van der Waals surface area contributed by atoms with Crippen LogP contribution in [0.2, 0.25) is 0 Å². The molecule has 2 heterocycles. The van der Waals surface area contributed by atoms with Crippen molar-refractivity contribution in [3.05, 3.63) is 28.6 Å². The Morgan fingerprint density at radius 1 is 1.24 bits per heavy atom. The molecule has 17 heavy (non-hydrogen) atoms. The molecule has 1 aromatic carbocycles. The SMILES string of the molecule is Cc1c(F)cc2c3c1CCN3C(=O)CCC2=O. The van der Waals surface area contributed by atoms with Gasteiger partial charge in [0.1, 0.15) is 5.82 Å². The second-order valence-electron chi connectivity index (χ2n) is 4.58. The second kappa shape index (κ2) is 3.39. The smallest absolute Gasteiger partial charge is 0.227 e. The molecule has 0 aliphatic carbocycles. The molecule has 0 saturated carbocycles. The van der Waals surface area contributed by atoms with Gasteiger partial charge in [0.25, 0.3) is 0 Å². The van der Waals surface area contributed by atoms with Gasteiger partial charge in [-0.2, -0.15) is 0 Å². The zero-order valence-electron chi connectivity index (χ0n) is 9.55. The van der Waals surface area contributed by atoms with E-state index in [1.165, 1.54) is 6.07 Å². The fourth-order valence-electron chi connectivity index (χ4n) is 2.69. The normalized spacial score (nSPS) is 18.4. The third-order valence-corrected chi connectivity index (χ3v) is 3.65. The van der Waals surface area contributed by atoms with E-state index in [1.807, 2.05) is 0 Å². The number of rotatable bonds is 0. The van der Waals surface area contributed by atoms with Crippen LogP contribution in [-0.2, 0) is 11.2 Å². The van der Waals surface area contributed by atoms with Gasteiger partial charge in [0, 0.05) is 24.9 Å². The topological polar surface area (TPSA) is 37.4 Å². The lowest BCUT2D eigenvalue weighted by Gasteiger charge is -2.17. The van der Waals surface area contributed by atoms with Crippen LogP contribution in [0.4, 0.5) is 10.1 Å². The summed E-state index contributed by atoms with van der Waals surface area (Å²) in [5.74, 6) is -0.497. The van der Waals surface area contributed by atoms with Crippen LogP contribution < -0.4 is 4.90 Å². The van der Waals surface area contributed by atoms with E-state index < -0.39 is 0 Å². The van der Waals surface area contributed by atoms with E-state index in [1.54, 1.807) is 11.8 Å². The molecule has 0 atom stereocenters. The van der Waals surface area contributed by atoms with Crippen LogP contribution in [0.15, 0.2) is 6.07 Å². The van der Waals surface area contributed by atoms with Crippen molar-refractivity contribution in [3.8, 4) is 0 Å². The molecule has 1 aromatic rings. The number of nitrogens with zero attached hydrogens (tertiary/aromatic N) is 1. The molecular weight excluding hydrogens is 221 g/mol. The summed E-state index contributed by atoms with van der Waals surface area (Å²) >= 11 is 0. The minimum Gasteiger partial charge on any atom is -0.311 e. The van der Waals surface area contributed by atoms with Gasteiger partial charge in [-0.25, -0.2) is 4.39 Å². The van der Waals surface area contributed by atoms with Crippen LogP contribution in [0.5, 0.6) is 0 Å². The fraction of sp³-hybridized carbons (Fsp3) is 0.385. The van der Waals surface area contributed by atoms with Gasteiger partial charge in [-0.15, -0.1) is 0 Å². The van der Waals surface area contributed by atoms with Crippen molar-refractivity contribution in [1.29, 1.82) is 0 Å². The molecular formula is C13H12FNO2. The summed E-state index contributed by atoms with van der Waals surface area (Å²) in [5, 5.41) is 0. The van der Waals surface area contributed by atoms with Gasteiger partial charge in [0.15, 0.2) is 5.78 Å². The standard InChI is InChI=1S/C13H12FNO2/c1-7-8-4-5-15-12(17)3-2-11(16)9(13(8)15)6-10(7)14/h6H,2-5H2,1H3. The number of carbonyl (C=O) groups is 2. The molecule has 2 aliphatic heterocycles. The predicted molar refractivity (Wildman–Crippen MR) is 60.8 cm³/mol. The van der Waals surface area contributed by atoms with E-state index >= 15 is 0 Å². The zero-order valence-corrected chi connectivity index (χ0v) is 9.55. The number of halogens is 1. The minimum absolute atomic E-state index is 0.0261. The van der Waals surface area contributed by atoms with E-state index in [-0.39, 0.29) is 30.3 Å². The first-order chi connectivity index (χ1) is 8.09. The summed E-state index contributed by atoms with van der Waals surface area (Å²) in [6.07, 6.45) is 1.06. The molecule has 0 saturated heterocycles. The summed E-state index contributed by atoms with van der Waals surface area (Å²) in [6.45, 7) is 2.27. The maximum absolute atomic E-state index is 13.7. The van der Waals surface area contributed by atoms with Crippen molar-refractivity contribution in [2.45, 2.75) is 26.2 Å². The third kappa shape index (κ3) is 1.33. The Kier molecular flexibility index (Phi) is 2.08. The summed E-state index contributed by atoms with van der Waals surface area (Å²) in [6, 6.07) is 1.29. The molecule has 0 N–H and O–H groups in total. The number of benzene rings is 1. The molecule has 0 bridgehead atoms. The predicted octanol–water partition coefficient (Wildman–Crippen LogP) is 2.00. The number of hydrogen-bond donors (Lipinski definition) is 0. The number of hydrogen-bond acceptors (Lipinski definition) is 2. The Balaban J connectivity index is 2.33. The van der Waals surface area contributed by atoms with Crippen LogP contribution in [0.3, 0.4) is 0 Å². The average molecular weight is 233 g/mol. The van der Waals surface area contributed by atoms with Gasteiger partial charge >= 0.3 is 0 Å². The van der Waals surface area contributed by atoms with Crippen LogP contribution >= 0.6 is 0 Å². The summed E-state index contributed by atoms with van der Waals surface area (Å²) < 4.78 is 13.7. The van der Waals surface area contributed by atoms with Crippen LogP contribution in [0.1, 0.15) is 34.3 Å². The largest absolute Gasteiger partial charge is 0.311 e. The summed E-state index contributed by atoms with van der Waals surface area (Å²) in [4.78, 5) is 25.4. The molecule has 0 radical (unpaired) electrons. The van der Waals surface area contributed by atoms with Gasteiger partial charge in [-0.1, -0.05) is 0 Å². The lowest BCUT2D eigenvalue weighted by molar-refractivity contribution is -0.118. The Morgan fingerprint density at radius 3 is 2.76 bits per heavy atom. The Bertz CT molecular complexity index is 551. The van der Waals surface area contributed by atoms with E-state index in [9.17, 15) is 14.0 Å². The van der Waals surface area contributed by atoms with Crippen LogP contribution in [0, 0.1) is 12.7 Å². The first-order valence-electron chi connectivity index (χ1n) is 5.75. The molecule has 0 unspecified atom stereocenters. The number of amides is 1. The minimum atomic E-state index is -0.344. The van der Waals surface area contributed by atoms with E-state index in [2.05, 4.69) is 0 Å². The summed E-state index contributed by atoms with van der Waals surface area (Å²) in [7, 11) is 0. The Labute approximate surface area is 98.2 Å². The molecule has 4 heteroatoms. The van der Waals surface area contributed by atoms with E-state index in [4.69, 9.17) is 0 Å². The quantitative estimate of drug-likeness (QED) is 0.687. The Hall–Kier alpha value is -1.71. The average Bonchev–Trinajstić information content (AvgIpc) is 2.70. The number of anilines is 1. The van der Waals surface area contributed by atoms with Gasteiger partial charge in [-0.05, 0) is 30.5 Å². The first-order valence-corrected chi connectivity index (χ1v) is 5.75. The molecule has 3 nitrogen and oxygen atoms in total. The van der Waals surface area contributed by atoms with Crippen molar-refractivity contribution in [2.75, 3.05) is 11.4 Å². The fourth-order valence-corrected chi connectivity index (χ4v) is 2.69. The maximum atomic E-state index is 13.7. The highest BCUT2D eigenvalue weighted by atomic mass is 19.1. The first kappa shape index (κ1) is 10.4. The van der Waals surface area contributed by atoms with Crippen molar-refractivity contribution in [2.24, 2.45) is 0 Å². The number of ketones is 1. The Morgan fingerprint density at radius 2 is 2.00 bits per heavy atom. The zero-order chi connectivity index (χ0) is 12.2. The monoisotopic (exact) mass is 233 g/mol. The second-order valence-corrected chi connectivity index (χ2v) is 4.58. The molecule has 0 fully saturated rings. The molecule has 0 aromatic heterocycles. The number of carbonyl (C=O) groups excluding carboxylic acids is 2. The van der Waals surface area contributed by atoms with Crippen molar-refractivity contribution in [1.82, 2.24) is 0 Å². The van der Waals surface area contributed by atoms with Crippen molar-refractivity contribution in [3.63, 3.8) is 0 Å². The van der Waals surface area contributed by atoms with Gasteiger partial charge in [0.2, 0.25) is 5.91 Å². The van der Waals surface area contributed by atoms with Crippen LogP contribution in [0.25, 0.3) is 0 Å². The van der Waals surface area contributed by atoms with E-state index in [0.717, 1.165) is 5.56 Å². The highest BCUT2D eigenvalue weighted by Crippen LogP contribution is 2.38. The number of Topliss-reactive ketones (excluding diaryl/α,β-unsaturated/α-hetero) is 1. The van der Waals surface area contributed by atoms with Gasteiger partial charge in [0.05, 0.1) is 5.69 Å². The van der Waals surface area contributed by atoms with Gasteiger partial charge in [-0.3, -0.25) is 9.59 Å².